The van der Waals surface area contributed by atoms with Gasteiger partial charge < -0.3 is 10.1 Å². The molecular formula is C14H18FN3O. The van der Waals surface area contributed by atoms with Crippen molar-refractivity contribution in [2.24, 2.45) is 7.05 Å². The number of hydrogen-bond donors (Lipinski definition) is 1. The Morgan fingerprint density at radius 3 is 2.74 bits per heavy atom. The molecule has 0 bridgehead atoms. The monoisotopic (exact) mass is 263 g/mol. The zero-order valence-electron chi connectivity index (χ0n) is 11.2. The summed E-state index contributed by atoms with van der Waals surface area (Å²) >= 11 is 0. The Kier molecular flexibility index (Phi) is 4.65. The number of nitrogens with zero attached hydrogens (tertiary/aromatic N) is 2. The summed E-state index contributed by atoms with van der Waals surface area (Å²) in [5, 5.41) is 7.72. The molecule has 0 aliphatic rings. The van der Waals surface area contributed by atoms with Gasteiger partial charge in [-0.2, -0.15) is 5.10 Å². The quantitative estimate of drug-likeness (QED) is 0.810. The highest BCUT2D eigenvalue weighted by Gasteiger charge is 2.09. The van der Waals surface area contributed by atoms with E-state index in [-0.39, 0.29) is 5.82 Å². The number of nitrogens with one attached hydrogen (secondary N) is 1. The van der Waals surface area contributed by atoms with Crippen LogP contribution >= 0.6 is 0 Å². The summed E-state index contributed by atoms with van der Waals surface area (Å²) < 4.78 is 19.7. The summed E-state index contributed by atoms with van der Waals surface area (Å²) in [4.78, 5) is 0. The van der Waals surface area contributed by atoms with Gasteiger partial charge in [-0.15, -0.1) is 0 Å². The van der Waals surface area contributed by atoms with E-state index in [0.717, 1.165) is 23.4 Å². The van der Waals surface area contributed by atoms with Crippen molar-refractivity contribution in [2.45, 2.75) is 6.54 Å². The molecule has 1 heterocycles. The van der Waals surface area contributed by atoms with Crippen molar-refractivity contribution in [3.63, 3.8) is 0 Å². The van der Waals surface area contributed by atoms with Gasteiger partial charge in [-0.05, 0) is 24.3 Å². The molecule has 2 aromatic rings. The second-order valence-corrected chi connectivity index (χ2v) is 4.35. The minimum atomic E-state index is -0.237. The van der Waals surface area contributed by atoms with E-state index in [1.807, 2.05) is 13.2 Å². The number of hydrogen-bond acceptors (Lipinski definition) is 3. The van der Waals surface area contributed by atoms with Crippen molar-refractivity contribution in [3.8, 4) is 11.3 Å². The molecule has 0 saturated carbocycles. The zero-order valence-corrected chi connectivity index (χ0v) is 11.2. The van der Waals surface area contributed by atoms with Crippen molar-refractivity contribution >= 4 is 0 Å². The molecule has 102 valence electrons. The molecule has 5 heteroatoms. The molecule has 0 saturated heterocycles. The van der Waals surface area contributed by atoms with Crippen molar-refractivity contribution in [2.75, 3.05) is 20.3 Å². The molecule has 0 aliphatic heterocycles. The van der Waals surface area contributed by atoms with Crippen LogP contribution in [0, 0.1) is 5.82 Å². The first-order chi connectivity index (χ1) is 9.20. The van der Waals surface area contributed by atoms with E-state index in [1.165, 1.54) is 12.1 Å². The lowest BCUT2D eigenvalue weighted by molar-refractivity contribution is 0.199. The molecule has 4 nitrogen and oxygen atoms in total. The van der Waals surface area contributed by atoms with Crippen LogP contribution in [0.2, 0.25) is 0 Å². The SMILES string of the molecule is COCCNCc1cn(C)nc1-c1ccc(F)cc1. The fourth-order valence-corrected chi connectivity index (χ4v) is 1.92. The maximum absolute atomic E-state index is 12.9. The lowest BCUT2D eigenvalue weighted by atomic mass is 10.1. The summed E-state index contributed by atoms with van der Waals surface area (Å²) in [6, 6.07) is 6.39. The second kappa shape index (κ2) is 6.45. The molecule has 0 atom stereocenters. The van der Waals surface area contributed by atoms with Gasteiger partial charge in [-0.1, -0.05) is 0 Å². The van der Waals surface area contributed by atoms with Crippen LogP contribution in [0.3, 0.4) is 0 Å². The second-order valence-electron chi connectivity index (χ2n) is 4.35. The molecule has 1 aromatic carbocycles. The van der Waals surface area contributed by atoms with Crippen molar-refractivity contribution in [1.29, 1.82) is 0 Å². The predicted octanol–water partition coefficient (Wildman–Crippen LogP) is 1.96. The Balaban J connectivity index is 2.13. The van der Waals surface area contributed by atoms with Crippen LogP contribution in [0.4, 0.5) is 4.39 Å². The fraction of sp³-hybridized carbons (Fsp3) is 0.357. The minimum absolute atomic E-state index is 0.237. The fourth-order valence-electron chi connectivity index (χ4n) is 1.92. The largest absolute Gasteiger partial charge is 0.383 e. The van der Waals surface area contributed by atoms with Crippen LogP contribution in [0.1, 0.15) is 5.56 Å². The summed E-state index contributed by atoms with van der Waals surface area (Å²) in [5.74, 6) is -0.237. The summed E-state index contributed by atoms with van der Waals surface area (Å²) in [5.41, 5.74) is 2.89. The number of rotatable bonds is 6. The van der Waals surface area contributed by atoms with Gasteiger partial charge in [0.2, 0.25) is 0 Å². The van der Waals surface area contributed by atoms with E-state index in [4.69, 9.17) is 4.74 Å². The Morgan fingerprint density at radius 1 is 1.32 bits per heavy atom. The molecule has 19 heavy (non-hydrogen) atoms. The Bertz CT molecular complexity index is 522. The third-order valence-corrected chi connectivity index (χ3v) is 2.82. The molecule has 1 N–H and O–H groups in total. The molecule has 0 amide bonds. The van der Waals surface area contributed by atoms with E-state index in [1.54, 1.807) is 23.9 Å². The average molecular weight is 263 g/mol. The van der Waals surface area contributed by atoms with Gasteiger partial charge in [0.05, 0.1) is 12.3 Å². The number of aromatic nitrogens is 2. The van der Waals surface area contributed by atoms with E-state index < -0.39 is 0 Å². The normalized spacial score (nSPS) is 10.9. The van der Waals surface area contributed by atoms with Crippen LogP contribution < -0.4 is 5.32 Å². The van der Waals surface area contributed by atoms with E-state index in [0.29, 0.717) is 13.2 Å². The van der Waals surface area contributed by atoms with Gasteiger partial charge in [0.1, 0.15) is 5.82 Å². The van der Waals surface area contributed by atoms with E-state index in [2.05, 4.69) is 10.4 Å². The molecule has 0 radical (unpaired) electrons. The molecular weight excluding hydrogens is 245 g/mol. The van der Waals surface area contributed by atoms with Gasteiger partial charge in [0.15, 0.2) is 0 Å². The third-order valence-electron chi connectivity index (χ3n) is 2.82. The highest BCUT2D eigenvalue weighted by Crippen LogP contribution is 2.21. The minimum Gasteiger partial charge on any atom is -0.383 e. The van der Waals surface area contributed by atoms with Crippen molar-refractivity contribution in [3.05, 3.63) is 41.8 Å². The van der Waals surface area contributed by atoms with Crippen LogP contribution in [0.15, 0.2) is 30.5 Å². The topological polar surface area (TPSA) is 39.1 Å². The Morgan fingerprint density at radius 2 is 2.05 bits per heavy atom. The highest BCUT2D eigenvalue weighted by atomic mass is 19.1. The number of aryl methyl sites for hydroxylation is 1. The maximum atomic E-state index is 12.9. The lowest BCUT2D eigenvalue weighted by Gasteiger charge is -2.04. The first-order valence-electron chi connectivity index (χ1n) is 6.19. The highest BCUT2D eigenvalue weighted by molar-refractivity contribution is 5.62. The first kappa shape index (κ1) is 13.7. The standard InChI is InChI=1S/C14H18FN3O/c1-18-10-12(9-16-7-8-19-2)14(17-18)11-3-5-13(15)6-4-11/h3-6,10,16H,7-9H2,1-2H3. The van der Waals surface area contributed by atoms with Crippen LogP contribution in [0.5, 0.6) is 0 Å². The third kappa shape index (κ3) is 3.62. The number of ether oxygens (including phenoxy) is 1. The molecule has 0 aliphatic carbocycles. The van der Waals surface area contributed by atoms with Crippen LogP contribution in [-0.4, -0.2) is 30.0 Å². The predicted molar refractivity (Wildman–Crippen MR) is 72.2 cm³/mol. The molecule has 0 unspecified atom stereocenters. The maximum Gasteiger partial charge on any atom is 0.123 e. The zero-order chi connectivity index (χ0) is 13.7. The van der Waals surface area contributed by atoms with E-state index in [9.17, 15) is 4.39 Å². The van der Waals surface area contributed by atoms with Gasteiger partial charge in [0, 0.05) is 44.6 Å². The summed E-state index contributed by atoms with van der Waals surface area (Å²) in [6.07, 6.45) is 1.97. The van der Waals surface area contributed by atoms with Crippen LogP contribution in [0.25, 0.3) is 11.3 Å². The molecule has 0 fully saturated rings. The number of halogens is 1. The van der Waals surface area contributed by atoms with Crippen molar-refractivity contribution < 1.29 is 9.13 Å². The molecule has 0 spiro atoms. The Labute approximate surface area is 112 Å². The lowest BCUT2D eigenvalue weighted by Crippen LogP contribution is -2.18. The van der Waals surface area contributed by atoms with Gasteiger partial charge in [-0.25, -0.2) is 4.39 Å². The van der Waals surface area contributed by atoms with Crippen LogP contribution in [-0.2, 0) is 18.3 Å². The summed E-state index contributed by atoms with van der Waals surface area (Å²) in [7, 11) is 3.56. The van der Waals surface area contributed by atoms with Gasteiger partial charge >= 0.3 is 0 Å². The average Bonchev–Trinajstić information content (AvgIpc) is 2.77. The number of methoxy groups -OCH3 is 1. The molecule has 1 aromatic heterocycles. The van der Waals surface area contributed by atoms with Gasteiger partial charge in [0.25, 0.3) is 0 Å². The smallest absolute Gasteiger partial charge is 0.123 e. The Hall–Kier alpha value is -1.72. The number of benzene rings is 1. The van der Waals surface area contributed by atoms with E-state index >= 15 is 0 Å². The molecule has 2 rings (SSSR count). The first-order valence-corrected chi connectivity index (χ1v) is 6.19. The van der Waals surface area contributed by atoms with Gasteiger partial charge in [-0.3, -0.25) is 4.68 Å². The summed E-state index contributed by atoms with van der Waals surface area (Å²) in [6.45, 7) is 2.17. The van der Waals surface area contributed by atoms with Crippen molar-refractivity contribution in [1.82, 2.24) is 15.1 Å².